The van der Waals surface area contributed by atoms with Crippen molar-refractivity contribution in [3.8, 4) is 17.0 Å². The normalized spacial score (nSPS) is 19.4. The summed E-state index contributed by atoms with van der Waals surface area (Å²) in [4.78, 5) is 16.9. The fourth-order valence-corrected chi connectivity index (χ4v) is 3.30. The third kappa shape index (κ3) is 3.12. The van der Waals surface area contributed by atoms with Crippen LogP contribution in [0.15, 0.2) is 36.4 Å². The molecule has 0 aliphatic carbocycles. The molecule has 2 aliphatic heterocycles. The van der Waals surface area contributed by atoms with Gasteiger partial charge in [-0.3, -0.25) is 4.79 Å². The van der Waals surface area contributed by atoms with Gasteiger partial charge in [0.25, 0.3) is 0 Å². The van der Waals surface area contributed by atoms with Crippen LogP contribution in [0.5, 0.6) is 5.75 Å². The molecule has 3 heterocycles. The van der Waals surface area contributed by atoms with Gasteiger partial charge in [-0.15, -0.1) is 0 Å². The van der Waals surface area contributed by atoms with Gasteiger partial charge in [-0.05, 0) is 55.3 Å². The summed E-state index contributed by atoms with van der Waals surface area (Å²) >= 11 is 0. The number of ether oxygens (including phenoxy) is 1. The predicted molar refractivity (Wildman–Crippen MR) is 93.1 cm³/mol. The molecule has 1 saturated heterocycles. The molecule has 0 saturated carbocycles. The summed E-state index contributed by atoms with van der Waals surface area (Å²) in [5.74, 6) is 1.56. The second-order valence-electron chi connectivity index (χ2n) is 6.32. The first-order valence-corrected chi connectivity index (χ1v) is 8.57. The number of nitrogens with zero attached hydrogens (tertiary/aromatic N) is 1. The van der Waals surface area contributed by atoms with Crippen LogP contribution in [-0.2, 0) is 11.2 Å². The molecule has 5 nitrogen and oxygen atoms in total. The van der Waals surface area contributed by atoms with Crippen molar-refractivity contribution in [2.24, 2.45) is 0 Å². The molecule has 2 N–H and O–H groups in total. The number of hydrogen-bond acceptors (Lipinski definition) is 4. The highest BCUT2D eigenvalue weighted by molar-refractivity contribution is 5.94. The topological polar surface area (TPSA) is 63.2 Å². The van der Waals surface area contributed by atoms with Crippen molar-refractivity contribution in [3.63, 3.8) is 0 Å². The summed E-state index contributed by atoms with van der Waals surface area (Å²) < 4.78 is 5.55. The average molecular weight is 323 g/mol. The molecule has 1 atom stereocenters. The summed E-state index contributed by atoms with van der Waals surface area (Å²) in [5.41, 5.74) is 3.13. The number of pyridine rings is 1. The molecule has 2 aromatic rings. The minimum absolute atomic E-state index is 0.00158. The fraction of sp³-hybridized carbons (Fsp3) is 0.368. The van der Waals surface area contributed by atoms with Crippen LogP contribution in [0.1, 0.15) is 24.8 Å². The van der Waals surface area contributed by atoms with E-state index in [4.69, 9.17) is 4.74 Å². The summed E-state index contributed by atoms with van der Waals surface area (Å²) in [6, 6.07) is 11.8. The zero-order chi connectivity index (χ0) is 16.4. The standard InChI is InChI=1S/C19H21N3O2/c23-19(16-4-1-2-10-20-16)22-18-6-3-5-15(21-18)13-7-8-17-14(12-13)9-11-24-17/h3,5-8,12,16,20H,1-2,4,9-11H2,(H,21,22,23)/t16-/m1/s1. The van der Waals surface area contributed by atoms with Crippen molar-refractivity contribution in [1.82, 2.24) is 10.3 Å². The minimum atomic E-state index is -0.110. The van der Waals surface area contributed by atoms with E-state index in [0.29, 0.717) is 5.82 Å². The Kier molecular flexibility index (Phi) is 4.17. The molecule has 1 aromatic carbocycles. The van der Waals surface area contributed by atoms with Gasteiger partial charge in [0.2, 0.25) is 5.91 Å². The Morgan fingerprint density at radius 1 is 1.25 bits per heavy atom. The highest BCUT2D eigenvalue weighted by Gasteiger charge is 2.21. The monoisotopic (exact) mass is 323 g/mol. The Hall–Kier alpha value is -2.40. The van der Waals surface area contributed by atoms with E-state index in [1.165, 1.54) is 5.56 Å². The van der Waals surface area contributed by atoms with Crippen molar-refractivity contribution in [2.75, 3.05) is 18.5 Å². The third-order valence-corrected chi connectivity index (χ3v) is 4.61. The lowest BCUT2D eigenvalue weighted by atomic mass is 10.0. The van der Waals surface area contributed by atoms with Gasteiger partial charge in [0.05, 0.1) is 18.3 Å². The van der Waals surface area contributed by atoms with Crippen molar-refractivity contribution in [1.29, 1.82) is 0 Å². The van der Waals surface area contributed by atoms with E-state index in [1.54, 1.807) is 0 Å². The summed E-state index contributed by atoms with van der Waals surface area (Å²) in [6.07, 6.45) is 4.05. The maximum absolute atomic E-state index is 12.3. The fourth-order valence-electron chi connectivity index (χ4n) is 3.30. The number of anilines is 1. The van der Waals surface area contributed by atoms with E-state index >= 15 is 0 Å². The van der Waals surface area contributed by atoms with Crippen LogP contribution in [0.2, 0.25) is 0 Å². The molecule has 1 aromatic heterocycles. The van der Waals surface area contributed by atoms with Gasteiger partial charge in [-0.2, -0.15) is 0 Å². The molecule has 0 bridgehead atoms. The summed E-state index contributed by atoms with van der Waals surface area (Å²) in [7, 11) is 0. The van der Waals surface area contributed by atoms with E-state index < -0.39 is 0 Å². The van der Waals surface area contributed by atoms with Gasteiger partial charge in [0.15, 0.2) is 0 Å². The van der Waals surface area contributed by atoms with E-state index in [-0.39, 0.29) is 11.9 Å². The van der Waals surface area contributed by atoms with Gasteiger partial charge >= 0.3 is 0 Å². The lowest BCUT2D eigenvalue weighted by Gasteiger charge is -2.22. The van der Waals surface area contributed by atoms with Gasteiger partial charge in [-0.1, -0.05) is 12.5 Å². The van der Waals surface area contributed by atoms with Crippen molar-refractivity contribution >= 4 is 11.7 Å². The highest BCUT2D eigenvalue weighted by Crippen LogP contribution is 2.30. The first-order chi connectivity index (χ1) is 11.8. The number of carbonyl (C=O) groups is 1. The SMILES string of the molecule is O=C(Nc1cccc(-c2ccc3c(c2)CCO3)n1)[C@H]1CCCCN1. The molecule has 5 heteroatoms. The molecule has 1 amide bonds. The molecule has 4 rings (SSSR count). The molecule has 24 heavy (non-hydrogen) atoms. The van der Waals surface area contributed by atoms with Gasteiger partial charge < -0.3 is 15.4 Å². The second-order valence-corrected chi connectivity index (χ2v) is 6.32. The zero-order valence-electron chi connectivity index (χ0n) is 13.5. The zero-order valence-corrected chi connectivity index (χ0v) is 13.5. The number of piperidine rings is 1. The minimum Gasteiger partial charge on any atom is -0.493 e. The van der Waals surface area contributed by atoms with Crippen LogP contribution < -0.4 is 15.4 Å². The van der Waals surface area contributed by atoms with Crippen LogP contribution in [0.4, 0.5) is 5.82 Å². The number of nitrogens with one attached hydrogen (secondary N) is 2. The lowest BCUT2D eigenvalue weighted by Crippen LogP contribution is -2.43. The smallest absolute Gasteiger partial charge is 0.242 e. The van der Waals surface area contributed by atoms with Crippen LogP contribution in [0, 0.1) is 0 Å². The number of amides is 1. The number of benzene rings is 1. The van der Waals surface area contributed by atoms with Gasteiger partial charge in [-0.25, -0.2) is 4.98 Å². The van der Waals surface area contributed by atoms with Crippen LogP contribution in [-0.4, -0.2) is 30.1 Å². The third-order valence-electron chi connectivity index (χ3n) is 4.61. The Labute approximate surface area is 141 Å². The number of rotatable bonds is 3. The van der Waals surface area contributed by atoms with E-state index in [2.05, 4.69) is 21.7 Å². The molecule has 0 unspecified atom stereocenters. The first-order valence-electron chi connectivity index (χ1n) is 8.57. The Bertz CT molecular complexity index is 754. The average Bonchev–Trinajstić information content (AvgIpc) is 3.10. The van der Waals surface area contributed by atoms with Crippen molar-refractivity contribution < 1.29 is 9.53 Å². The number of hydrogen-bond donors (Lipinski definition) is 2. The van der Waals surface area contributed by atoms with Crippen molar-refractivity contribution in [3.05, 3.63) is 42.0 Å². The maximum atomic E-state index is 12.3. The summed E-state index contributed by atoms with van der Waals surface area (Å²) in [5, 5.41) is 6.20. The molecule has 1 fully saturated rings. The van der Waals surface area contributed by atoms with Crippen LogP contribution in [0.25, 0.3) is 11.3 Å². The Morgan fingerprint density at radius 3 is 3.08 bits per heavy atom. The Balaban J connectivity index is 1.52. The molecule has 124 valence electrons. The number of aromatic nitrogens is 1. The van der Waals surface area contributed by atoms with Gasteiger partial charge in [0, 0.05) is 12.0 Å². The number of fused-ring (bicyclic) bond motifs is 1. The van der Waals surface area contributed by atoms with Crippen LogP contribution >= 0.6 is 0 Å². The van der Waals surface area contributed by atoms with E-state index in [0.717, 1.165) is 55.8 Å². The van der Waals surface area contributed by atoms with Crippen LogP contribution in [0.3, 0.4) is 0 Å². The quantitative estimate of drug-likeness (QED) is 0.912. The maximum Gasteiger partial charge on any atom is 0.242 e. The van der Waals surface area contributed by atoms with E-state index in [1.807, 2.05) is 30.3 Å². The molecule has 2 aliphatic rings. The first kappa shape index (κ1) is 15.1. The summed E-state index contributed by atoms with van der Waals surface area (Å²) in [6.45, 7) is 1.65. The largest absolute Gasteiger partial charge is 0.493 e. The predicted octanol–water partition coefficient (Wildman–Crippen LogP) is 2.76. The molecular weight excluding hydrogens is 302 g/mol. The molecule has 0 radical (unpaired) electrons. The molecular formula is C19H21N3O2. The van der Waals surface area contributed by atoms with Gasteiger partial charge in [0.1, 0.15) is 11.6 Å². The second kappa shape index (κ2) is 6.61. The van der Waals surface area contributed by atoms with Crippen molar-refractivity contribution in [2.45, 2.75) is 31.7 Å². The lowest BCUT2D eigenvalue weighted by molar-refractivity contribution is -0.118. The van der Waals surface area contributed by atoms with E-state index in [9.17, 15) is 4.79 Å². The molecule has 0 spiro atoms. The Morgan fingerprint density at radius 2 is 2.21 bits per heavy atom. The highest BCUT2D eigenvalue weighted by atomic mass is 16.5. The number of carbonyl (C=O) groups excluding carboxylic acids is 1.